The Labute approximate surface area is 95.1 Å². The Bertz CT molecular complexity index is 529. The maximum atomic E-state index is 8.29. The molecule has 1 aromatic carbocycles. The van der Waals surface area contributed by atoms with Gasteiger partial charge in [-0.1, -0.05) is 16.7 Å². The van der Waals surface area contributed by atoms with Crippen LogP contribution in [0.5, 0.6) is 0 Å². The minimum Gasteiger partial charge on any atom is -0.177 e. The summed E-state index contributed by atoms with van der Waals surface area (Å²) < 4.78 is 0. The highest BCUT2D eigenvalue weighted by Crippen LogP contribution is 2.23. The highest BCUT2D eigenvalue weighted by molar-refractivity contribution is 6.30. The van der Waals surface area contributed by atoms with Crippen molar-refractivity contribution >= 4 is 11.6 Å². The van der Waals surface area contributed by atoms with Crippen molar-refractivity contribution in [2.45, 2.75) is 6.54 Å². The Morgan fingerprint density at radius 3 is 3.06 bits per heavy atom. The Balaban J connectivity index is 2.47. The van der Waals surface area contributed by atoms with Gasteiger partial charge in [0.05, 0.1) is 6.54 Å². The molecule has 0 spiro atoms. The van der Waals surface area contributed by atoms with E-state index in [1.165, 1.54) is 0 Å². The fourth-order valence-corrected chi connectivity index (χ4v) is 1.49. The van der Waals surface area contributed by atoms with Crippen LogP contribution in [0.3, 0.4) is 0 Å². The lowest BCUT2D eigenvalue weighted by molar-refractivity contribution is 0.881. The molecule has 0 fully saturated rings. The summed E-state index contributed by atoms with van der Waals surface area (Å²) in [5.41, 5.74) is 9.79. The lowest BCUT2D eigenvalue weighted by Gasteiger charge is -2.03. The molecule has 80 valence electrons. The predicted octanol–water partition coefficient (Wildman–Crippen LogP) is 2.33. The highest BCUT2D eigenvalue weighted by atomic mass is 35.5. The fourth-order valence-electron chi connectivity index (χ4n) is 1.29. The van der Waals surface area contributed by atoms with E-state index in [0.29, 0.717) is 10.8 Å². The smallest absolute Gasteiger partial charge is 0.177 e. The summed E-state index contributed by atoms with van der Waals surface area (Å²) in [5.74, 6) is 0.444. The third kappa shape index (κ3) is 2.10. The van der Waals surface area contributed by atoms with Crippen LogP contribution in [-0.2, 0) is 6.54 Å². The number of halogens is 1. The number of aromatic amines is 1. The van der Waals surface area contributed by atoms with E-state index in [2.05, 4.69) is 30.7 Å². The van der Waals surface area contributed by atoms with Gasteiger partial charge in [-0.25, -0.2) is 0 Å². The monoisotopic (exact) mass is 235 g/mol. The standard InChI is InChI=1S/C8H6ClN7/c9-6-1-2-7(8-12-15-16-13-8)5(3-6)4-11-14-10/h1-3H,4H2,(H,12,13,15,16). The normalized spacial score (nSPS) is 9.81. The van der Waals surface area contributed by atoms with Crippen molar-refractivity contribution in [3.63, 3.8) is 0 Å². The SMILES string of the molecule is [N-]=[N+]=NCc1cc(Cl)ccc1-c1nn[nH]n1. The lowest BCUT2D eigenvalue weighted by Crippen LogP contribution is -1.90. The number of aromatic nitrogens is 4. The maximum Gasteiger partial charge on any atom is 0.204 e. The molecule has 0 aliphatic rings. The average Bonchev–Trinajstić information content (AvgIpc) is 2.80. The van der Waals surface area contributed by atoms with Crippen molar-refractivity contribution in [2.75, 3.05) is 0 Å². The van der Waals surface area contributed by atoms with E-state index in [1.807, 2.05) is 0 Å². The summed E-state index contributed by atoms with van der Waals surface area (Å²) in [5, 5.41) is 17.6. The van der Waals surface area contributed by atoms with Crippen LogP contribution in [0.4, 0.5) is 0 Å². The van der Waals surface area contributed by atoms with Crippen LogP contribution in [0.15, 0.2) is 23.3 Å². The van der Waals surface area contributed by atoms with Crippen LogP contribution < -0.4 is 0 Å². The molecule has 0 unspecified atom stereocenters. The number of benzene rings is 1. The number of nitrogens with zero attached hydrogens (tertiary/aromatic N) is 6. The van der Waals surface area contributed by atoms with Gasteiger partial charge in [-0.05, 0) is 34.5 Å². The molecule has 1 N–H and O–H groups in total. The molecule has 0 radical (unpaired) electrons. The molecule has 0 aliphatic heterocycles. The van der Waals surface area contributed by atoms with Crippen LogP contribution in [0.25, 0.3) is 21.8 Å². The molecule has 1 heterocycles. The first-order valence-electron chi connectivity index (χ1n) is 4.34. The molecular weight excluding hydrogens is 230 g/mol. The first-order chi connectivity index (χ1) is 7.81. The summed E-state index contributed by atoms with van der Waals surface area (Å²) in [6.07, 6.45) is 0. The molecule has 7 nitrogen and oxygen atoms in total. The molecule has 8 heteroatoms. The van der Waals surface area contributed by atoms with Crippen molar-refractivity contribution in [3.8, 4) is 11.4 Å². The van der Waals surface area contributed by atoms with Crippen LogP contribution in [0, 0.1) is 0 Å². The summed E-state index contributed by atoms with van der Waals surface area (Å²) >= 11 is 5.86. The minimum atomic E-state index is 0.195. The zero-order valence-corrected chi connectivity index (χ0v) is 8.76. The Morgan fingerprint density at radius 1 is 1.50 bits per heavy atom. The average molecular weight is 236 g/mol. The molecular formula is C8H6ClN7. The van der Waals surface area contributed by atoms with Gasteiger partial charge in [-0.2, -0.15) is 5.21 Å². The fraction of sp³-hybridized carbons (Fsp3) is 0.125. The second-order valence-electron chi connectivity index (χ2n) is 2.93. The Morgan fingerprint density at radius 2 is 2.38 bits per heavy atom. The van der Waals surface area contributed by atoms with Gasteiger partial charge >= 0.3 is 0 Å². The first kappa shape index (κ1) is 10.4. The van der Waals surface area contributed by atoms with Gasteiger partial charge in [-0.15, -0.1) is 10.2 Å². The van der Waals surface area contributed by atoms with Gasteiger partial charge in [0, 0.05) is 15.5 Å². The number of hydrogen-bond acceptors (Lipinski definition) is 4. The number of H-pyrrole nitrogens is 1. The van der Waals surface area contributed by atoms with Gasteiger partial charge in [0.15, 0.2) is 0 Å². The van der Waals surface area contributed by atoms with Gasteiger partial charge in [0.25, 0.3) is 0 Å². The zero-order valence-electron chi connectivity index (χ0n) is 8.00. The van der Waals surface area contributed by atoms with Crippen molar-refractivity contribution in [1.29, 1.82) is 0 Å². The van der Waals surface area contributed by atoms with Crippen molar-refractivity contribution in [3.05, 3.63) is 39.2 Å². The van der Waals surface area contributed by atoms with E-state index in [-0.39, 0.29) is 6.54 Å². The highest BCUT2D eigenvalue weighted by Gasteiger charge is 2.08. The Hall–Kier alpha value is -2.11. The third-order valence-corrected chi connectivity index (χ3v) is 2.19. The quantitative estimate of drug-likeness (QED) is 0.501. The molecule has 16 heavy (non-hydrogen) atoms. The molecule has 0 bridgehead atoms. The molecule has 1 aromatic heterocycles. The molecule has 2 aromatic rings. The maximum absolute atomic E-state index is 8.29. The molecule has 0 saturated carbocycles. The first-order valence-corrected chi connectivity index (χ1v) is 4.72. The molecule has 0 aliphatic carbocycles. The lowest BCUT2D eigenvalue weighted by atomic mass is 10.1. The Kier molecular flexibility index (Phi) is 3.00. The molecule has 0 saturated heterocycles. The second kappa shape index (κ2) is 4.61. The third-order valence-electron chi connectivity index (χ3n) is 1.96. The van der Waals surface area contributed by atoms with Crippen LogP contribution in [0.2, 0.25) is 5.02 Å². The number of rotatable bonds is 3. The van der Waals surface area contributed by atoms with E-state index in [4.69, 9.17) is 17.1 Å². The predicted molar refractivity (Wildman–Crippen MR) is 57.5 cm³/mol. The van der Waals surface area contributed by atoms with E-state index >= 15 is 0 Å². The second-order valence-corrected chi connectivity index (χ2v) is 3.36. The van der Waals surface area contributed by atoms with Crippen LogP contribution in [-0.4, -0.2) is 20.6 Å². The molecule has 0 amide bonds. The van der Waals surface area contributed by atoms with Crippen LogP contribution in [0.1, 0.15) is 5.56 Å². The summed E-state index contributed by atoms with van der Waals surface area (Å²) in [7, 11) is 0. The van der Waals surface area contributed by atoms with E-state index in [9.17, 15) is 0 Å². The van der Waals surface area contributed by atoms with Gasteiger partial charge in [-0.3, -0.25) is 0 Å². The largest absolute Gasteiger partial charge is 0.204 e. The van der Waals surface area contributed by atoms with E-state index < -0.39 is 0 Å². The number of azide groups is 1. The minimum absolute atomic E-state index is 0.195. The van der Waals surface area contributed by atoms with Crippen molar-refractivity contribution < 1.29 is 0 Å². The van der Waals surface area contributed by atoms with Gasteiger partial charge < -0.3 is 0 Å². The summed E-state index contributed by atoms with van der Waals surface area (Å²) in [4.78, 5) is 2.70. The summed E-state index contributed by atoms with van der Waals surface area (Å²) in [6, 6.07) is 5.18. The number of hydrogen-bond donors (Lipinski definition) is 1. The topological polar surface area (TPSA) is 103 Å². The number of tetrazole rings is 1. The van der Waals surface area contributed by atoms with Gasteiger partial charge in [0.2, 0.25) is 5.82 Å². The van der Waals surface area contributed by atoms with E-state index in [1.54, 1.807) is 18.2 Å². The number of nitrogens with one attached hydrogen (secondary N) is 1. The van der Waals surface area contributed by atoms with Crippen molar-refractivity contribution in [1.82, 2.24) is 20.6 Å². The molecule has 2 rings (SSSR count). The zero-order chi connectivity index (χ0) is 11.4. The summed E-state index contributed by atoms with van der Waals surface area (Å²) in [6.45, 7) is 0.195. The van der Waals surface area contributed by atoms with Crippen molar-refractivity contribution in [2.24, 2.45) is 5.11 Å². The van der Waals surface area contributed by atoms with Gasteiger partial charge in [0.1, 0.15) is 0 Å². The van der Waals surface area contributed by atoms with Crippen LogP contribution >= 0.6 is 11.6 Å². The molecule has 0 atom stereocenters. The van der Waals surface area contributed by atoms with E-state index in [0.717, 1.165) is 11.1 Å².